The lowest BCUT2D eigenvalue weighted by atomic mass is 10.1. The SMILES string of the molecule is CCc1ccccc1N1CC(CCN)OC1=O. The van der Waals surface area contributed by atoms with Gasteiger partial charge in [-0.15, -0.1) is 0 Å². The summed E-state index contributed by atoms with van der Waals surface area (Å²) in [5.41, 5.74) is 7.61. The van der Waals surface area contributed by atoms with E-state index in [0.29, 0.717) is 13.1 Å². The standard InChI is InChI=1S/C13H18N2O2/c1-2-10-5-3-4-6-12(10)15-9-11(7-8-14)17-13(15)16/h3-6,11H,2,7-9,14H2,1H3. The molecule has 0 aliphatic carbocycles. The van der Waals surface area contributed by atoms with Gasteiger partial charge in [-0.1, -0.05) is 25.1 Å². The van der Waals surface area contributed by atoms with E-state index >= 15 is 0 Å². The van der Waals surface area contributed by atoms with E-state index in [-0.39, 0.29) is 12.2 Å². The minimum Gasteiger partial charge on any atom is -0.444 e. The first-order chi connectivity index (χ1) is 8.26. The maximum atomic E-state index is 11.8. The van der Waals surface area contributed by atoms with Gasteiger partial charge in [0.05, 0.1) is 12.2 Å². The highest BCUT2D eigenvalue weighted by Gasteiger charge is 2.32. The van der Waals surface area contributed by atoms with Crippen molar-refractivity contribution in [2.45, 2.75) is 25.9 Å². The molecular weight excluding hydrogens is 216 g/mol. The number of carbonyl (C=O) groups is 1. The maximum absolute atomic E-state index is 11.8. The van der Waals surface area contributed by atoms with Crippen LogP contribution < -0.4 is 10.6 Å². The number of nitrogens with two attached hydrogens (primary N) is 1. The summed E-state index contributed by atoms with van der Waals surface area (Å²) in [5.74, 6) is 0. The quantitative estimate of drug-likeness (QED) is 0.866. The largest absolute Gasteiger partial charge is 0.444 e. The number of carbonyl (C=O) groups excluding carboxylic acids is 1. The van der Waals surface area contributed by atoms with Gasteiger partial charge in [-0.25, -0.2) is 4.79 Å². The molecule has 1 amide bonds. The van der Waals surface area contributed by atoms with Crippen LogP contribution in [0.25, 0.3) is 0 Å². The van der Waals surface area contributed by atoms with Gasteiger partial charge in [0.25, 0.3) is 0 Å². The average molecular weight is 234 g/mol. The van der Waals surface area contributed by atoms with Gasteiger partial charge >= 0.3 is 6.09 Å². The van der Waals surface area contributed by atoms with Gasteiger partial charge in [-0.2, -0.15) is 0 Å². The highest BCUT2D eigenvalue weighted by molar-refractivity contribution is 5.90. The number of nitrogens with zero attached hydrogens (tertiary/aromatic N) is 1. The van der Waals surface area contributed by atoms with Gasteiger partial charge in [0.1, 0.15) is 6.10 Å². The summed E-state index contributed by atoms with van der Waals surface area (Å²) in [4.78, 5) is 13.5. The zero-order valence-electron chi connectivity index (χ0n) is 10.1. The van der Waals surface area contributed by atoms with E-state index < -0.39 is 0 Å². The van der Waals surface area contributed by atoms with Crippen LogP contribution in [0.3, 0.4) is 0 Å². The van der Waals surface area contributed by atoms with Gasteiger partial charge < -0.3 is 10.5 Å². The second-order valence-corrected chi connectivity index (χ2v) is 4.18. The summed E-state index contributed by atoms with van der Waals surface area (Å²) in [7, 11) is 0. The Morgan fingerprint density at radius 3 is 2.94 bits per heavy atom. The molecule has 17 heavy (non-hydrogen) atoms. The number of hydrogen-bond acceptors (Lipinski definition) is 3. The molecule has 2 N–H and O–H groups in total. The predicted molar refractivity (Wildman–Crippen MR) is 67.1 cm³/mol. The maximum Gasteiger partial charge on any atom is 0.414 e. The third-order valence-corrected chi connectivity index (χ3v) is 3.03. The lowest BCUT2D eigenvalue weighted by Gasteiger charge is -2.16. The molecule has 1 aliphatic rings. The molecule has 4 heteroatoms. The normalized spacial score (nSPS) is 19.5. The first-order valence-corrected chi connectivity index (χ1v) is 6.02. The summed E-state index contributed by atoms with van der Waals surface area (Å²) >= 11 is 0. The molecule has 4 nitrogen and oxygen atoms in total. The topological polar surface area (TPSA) is 55.6 Å². The summed E-state index contributed by atoms with van der Waals surface area (Å²) < 4.78 is 5.28. The molecule has 1 fully saturated rings. The molecule has 1 unspecified atom stereocenters. The Balaban J connectivity index is 2.20. The van der Waals surface area contributed by atoms with Gasteiger partial charge in [0.2, 0.25) is 0 Å². The van der Waals surface area contributed by atoms with Crippen molar-refractivity contribution in [3.05, 3.63) is 29.8 Å². The fraction of sp³-hybridized carbons (Fsp3) is 0.462. The monoisotopic (exact) mass is 234 g/mol. The number of anilines is 1. The lowest BCUT2D eigenvalue weighted by molar-refractivity contribution is 0.138. The van der Waals surface area contributed by atoms with Gasteiger partial charge in [-0.05, 0) is 31.0 Å². The van der Waals surface area contributed by atoms with Crippen LogP contribution in [0.5, 0.6) is 0 Å². The molecule has 0 radical (unpaired) electrons. The van der Waals surface area contributed by atoms with Crippen molar-refractivity contribution in [3.63, 3.8) is 0 Å². The first kappa shape index (κ1) is 11.9. The number of rotatable bonds is 4. The number of para-hydroxylation sites is 1. The zero-order valence-corrected chi connectivity index (χ0v) is 10.1. The van der Waals surface area contributed by atoms with E-state index in [1.165, 1.54) is 0 Å². The van der Waals surface area contributed by atoms with Crippen LogP contribution in [0.4, 0.5) is 10.5 Å². The summed E-state index contributed by atoms with van der Waals surface area (Å²) in [6, 6.07) is 7.93. The predicted octanol–water partition coefficient (Wildman–Crippen LogP) is 1.92. The molecule has 1 aromatic rings. The highest BCUT2D eigenvalue weighted by atomic mass is 16.6. The Hall–Kier alpha value is -1.55. The minimum atomic E-state index is -0.260. The zero-order chi connectivity index (χ0) is 12.3. The van der Waals surface area contributed by atoms with Gasteiger partial charge in [-0.3, -0.25) is 4.90 Å². The van der Waals surface area contributed by atoms with Crippen molar-refractivity contribution in [1.82, 2.24) is 0 Å². The Bertz CT molecular complexity index is 406. The number of cyclic esters (lactones) is 1. The molecule has 0 saturated carbocycles. The number of amides is 1. The van der Waals surface area contributed by atoms with Crippen molar-refractivity contribution in [3.8, 4) is 0 Å². The van der Waals surface area contributed by atoms with Crippen LogP contribution >= 0.6 is 0 Å². The van der Waals surface area contributed by atoms with E-state index in [9.17, 15) is 4.79 Å². The molecule has 1 aliphatic heterocycles. The third-order valence-electron chi connectivity index (χ3n) is 3.03. The molecule has 2 rings (SSSR count). The van der Waals surface area contributed by atoms with Crippen molar-refractivity contribution in [2.24, 2.45) is 5.73 Å². The fourth-order valence-electron chi connectivity index (χ4n) is 2.13. The van der Waals surface area contributed by atoms with Gasteiger partial charge in [0, 0.05) is 0 Å². The fourth-order valence-corrected chi connectivity index (χ4v) is 2.13. The lowest BCUT2D eigenvalue weighted by Crippen LogP contribution is -2.26. The van der Waals surface area contributed by atoms with Crippen LogP contribution in [-0.2, 0) is 11.2 Å². The van der Waals surface area contributed by atoms with Crippen LogP contribution in [0.15, 0.2) is 24.3 Å². The van der Waals surface area contributed by atoms with E-state index in [2.05, 4.69) is 6.92 Å². The third kappa shape index (κ3) is 2.42. The Kier molecular flexibility index (Phi) is 3.64. The molecule has 1 aromatic carbocycles. The Morgan fingerprint density at radius 2 is 2.24 bits per heavy atom. The van der Waals surface area contributed by atoms with E-state index in [0.717, 1.165) is 24.1 Å². The number of aryl methyl sites for hydroxylation is 1. The second-order valence-electron chi connectivity index (χ2n) is 4.18. The second kappa shape index (κ2) is 5.19. The van der Waals surface area contributed by atoms with Gasteiger partial charge in [0.15, 0.2) is 0 Å². The average Bonchev–Trinajstić information content (AvgIpc) is 2.70. The molecule has 0 bridgehead atoms. The van der Waals surface area contributed by atoms with Crippen molar-refractivity contribution < 1.29 is 9.53 Å². The Morgan fingerprint density at radius 1 is 1.47 bits per heavy atom. The summed E-state index contributed by atoms with van der Waals surface area (Å²) in [5, 5.41) is 0. The smallest absolute Gasteiger partial charge is 0.414 e. The molecular formula is C13H18N2O2. The Labute approximate surface area is 101 Å². The molecule has 1 saturated heterocycles. The van der Waals surface area contributed by atoms with Crippen LogP contribution in [-0.4, -0.2) is 25.3 Å². The van der Waals surface area contributed by atoms with E-state index in [1.807, 2.05) is 24.3 Å². The molecule has 0 spiro atoms. The van der Waals surface area contributed by atoms with Crippen LogP contribution in [0.2, 0.25) is 0 Å². The van der Waals surface area contributed by atoms with E-state index in [1.54, 1.807) is 4.90 Å². The van der Waals surface area contributed by atoms with Crippen molar-refractivity contribution >= 4 is 11.8 Å². The summed E-state index contributed by atoms with van der Waals surface area (Å²) in [6.07, 6.45) is 1.29. The highest BCUT2D eigenvalue weighted by Crippen LogP contribution is 2.26. The van der Waals surface area contributed by atoms with Crippen LogP contribution in [0, 0.1) is 0 Å². The molecule has 92 valence electrons. The molecule has 1 heterocycles. The van der Waals surface area contributed by atoms with Crippen LogP contribution in [0.1, 0.15) is 18.9 Å². The minimum absolute atomic E-state index is 0.0718. The van der Waals surface area contributed by atoms with Crippen molar-refractivity contribution in [1.29, 1.82) is 0 Å². The number of benzene rings is 1. The first-order valence-electron chi connectivity index (χ1n) is 6.02. The van der Waals surface area contributed by atoms with Crippen molar-refractivity contribution in [2.75, 3.05) is 18.0 Å². The van der Waals surface area contributed by atoms with E-state index in [4.69, 9.17) is 10.5 Å². The molecule has 0 aromatic heterocycles. The summed E-state index contributed by atoms with van der Waals surface area (Å²) in [6.45, 7) is 3.23. The number of hydrogen-bond donors (Lipinski definition) is 1. The molecule has 1 atom stereocenters. The number of ether oxygens (including phenoxy) is 1.